The van der Waals surface area contributed by atoms with Gasteiger partial charge >= 0.3 is 0 Å². The van der Waals surface area contributed by atoms with Gasteiger partial charge in [-0.25, -0.2) is 0 Å². The molecule has 0 aliphatic carbocycles. The molecule has 1 aliphatic heterocycles. The molecule has 1 atom stereocenters. The van der Waals surface area contributed by atoms with Crippen molar-refractivity contribution in [2.45, 2.75) is 30.5 Å². The molecule has 146 valence electrons. The standard InChI is InChI=1S/C20H21N3O3S2/c1-25-15-8-6-14(7-9-15)12-18-21-22-20(26-18)28-13-19(24)23-10-2-4-16(23)17-5-3-11-27-17/h3,5-9,11,16H,2,4,10,12-13H2,1H3. The van der Waals surface area contributed by atoms with Crippen molar-refractivity contribution in [2.24, 2.45) is 0 Å². The quantitative estimate of drug-likeness (QED) is 0.539. The predicted octanol–water partition coefficient (Wildman–Crippen LogP) is 4.19. The molecule has 0 saturated carbocycles. The van der Waals surface area contributed by atoms with Crippen LogP contribution in [0.2, 0.25) is 0 Å². The van der Waals surface area contributed by atoms with Crippen LogP contribution < -0.4 is 4.74 Å². The number of methoxy groups -OCH3 is 1. The summed E-state index contributed by atoms with van der Waals surface area (Å²) in [5.41, 5.74) is 1.06. The lowest BCUT2D eigenvalue weighted by atomic mass is 10.1. The maximum atomic E-state index is 12.7. The smallest absolute Gasteiger partial charge is 0.277 e. The van der Waals surface area contributed by atoms with Gasteiger partial charge in [0.25, 0.3) is 5.22 Å². The zero-order valence-corrected chi connectivity index (χ0v) is 17.2. The molecule has 0 bridgehead atoms. The molecule has 2 aromatic heterocycles. The van der Waals surface area contributed by atoms with Crippen LogP contribution >= 0.6 is 23.1 Å². The minimum atomic E-state index is 0.121. The molecular formula is C20H21N3O3S2. The second-order valence-electron chi connectivity index (χ2n) is 6.54. The van der Waals surface area contributed by atoms with Gasteiger partial charge in [-0.3, -0.25) is 4.79 Å². The molecule has 8 heteroatoms. The lowest BCUT2D eigenvalue weighted by molar-refractivity contribution is -0.129. The third kappa shape index (κ3) is 4.39. The summed E-state index contributed by atoms with van der Waals surface area (Å²) in [5.74, 6) is 1.78. The van der Waals surface area contributed by atoms with Crippen molar-refractivity contribution in [1.29, 1.82) is 0 Å². The van der Waals surface area contributed by atoms with E-state index in [0.29, 0.717) is 23.3 Å². The molecular weight excluding hydrogens is 394 g/mol. The summed E-state index contributed by atoms with van der Waals surface area (Å²) in [5, 5.41) is 10.7. The largest absolute Gasteiger partial charge is 0.497 e. The number of hydrogen-bond donors (Lipinski definition) is 0. The van der Waals surface area contributed by atoms with Crippen molar-refractivity contribution in [3.8, 4) is 5.75 Å². The molecule has 1 aromatic carbocycles. The molecule has 1 amide bonds. The molecule has 1 fully saturated rings. The Morgan fingerprint density at radius 3 is 2.93 bits per heavy atom. The van der Waals surface area contributed by atoms with Gasteiger partial charge in [0.2, 0.25) is 11.8 Å². The summed E-state index contributed by atoms with van der Waals surface area (Å²) in [6.45, 7) is 0.814. The SMILES string of the molecule is COc1ccc(Cc2nnc(SCC(=O)N3CCCC3c3cccs3)o2)cc1. The van der Waals surface area contributed by atoms with Gasteiger partial charge in [0, 0.05) is 11.4 Å². The number of thioether (sulfide) groups is 1. The molecule has 1 aliphatic rings. The van der Waals surface area contributed by atoms with Gasteiger partial charge in [-0.2, -0.15) is 0 Å². The van der Waals surface area contributed by atoms with Crippen molar-refractivity contribution < 1.29 is 13.9 Å². The van der Waals surface area contributed by atoms with Crippen LogP contribution in [0.25, 0.3) is 0 Å². The summed E-state index contributed by atoms with van der Waals surface area (Å²) >= 11 is 3.02. The van der Waals surface area contributed by atoms with E-state index in [1.807, 2.05) is 35.2 Å². The van der Waals surface area contributed by atoms with Gasteiger partial charge in [-0.05, 0) is 42.0 Å². The molecule has 0 radical (unpaired) electrons. The molecule has 28 heavy (non-hydrogen) atoms. The molecule has 4 rings (SSSR count). The van der Waals surface area contributed by atoms with E-state index in [2.05, 4.69) is 21.6 Å². The van der Waals surface area contributed by atoms with Crippen LogP contribution in [0.4, 0.5) is 0 Å². The molecule has 3 heterocycles. The Morgan fingerprint density at radius 1 is 1.32 bits per heavy atom. The average molecular weight is 416 g/mol. The van der Waals surface area contributed by atoms with Gasteiger partial charge in [0.15, 0.2) is 0 Å². The highest BCUT2D eigenvalue weighted by Gasteiger charge is 2.30. The fourth-order valence-electron chi connectivity index (χ4n) is 3.33. The van der Waals surface area contributed by atoms with Crippen molar-refractivity contribution in [2.75, 3.05) is 19.4 Å². The predicted molar refractivity (Wildman–Crippen MR) is 109 cm³/mol. The number of carbonyl (C=O) groups excluding carboxylic acids is 1. The Hall–Kier alpha value is -2.32. The van der Waals surface area contributed by atoms with Gasteiger partial charge in [-0.1, -0.05) is 30.0 Å². The van der Waals surface area contributed by atoms with E-state index in [9.17, 15) is 4.79 Å². The maximum absolute atomic E-state index is 12.7. The van der Waals surface area contributed by atoms with Crippen LogP contribution in [0.1, 0.15) is 35.2 Å². The van der Waals surface area contributed by atoms with Gasteiger partial charge in [0.1, 0.15) is 5.75 Å². The zero-order chi connectivity index (χ0) is 19.3. The normalized spacial score (nSPS) is 16.5. The van der Waals surface area contributed by atoms with Crippen molar-refractivity contribution in [1.82, 2.24) is 15.1 Å². The molecule has 0 N–H and O–H groups in total. The van der Waals surface area contributed by atoms with Gasteiger partial charge in [0.05, 0.1) is 25.3 Å². The van der Waals surface area contributed by atoms with Crippen LogP contribution in [0, 0.1) is 0 Å². The van der Waals surface area contributed by atoms with Crippen LogP contribution in [0.15, 0.2) is 51.4 Å². The topological polar surface area (TPSA) is 68.5 Å². The highest BCUT2D eigenvalue weighted by molar-refractivity contribution is 7.99. The Morgan fingerprint density at radius 2 is 2.18 bits per heavy atom. The third-order valence-electron chi connectivity index (χ3n) is 4.73. The van der Waals surface area contributed by atoms with Crippen molar-refractivity contribution in [3.63, 3.8) is 0 Å². The zero-order valence-electron chi connectivity index (χ0n) is 15.5. The second-order valence-corrected chi connectivity index (χ2v) is 8.44. The van der Waals surface area contributed by atoms with Crippen LogP contribution in [0.5, 0.6) is 5.75 Å². The Kier molecular flexibility index (Phi) is 5.97. The van der Waals surface area contributed by atoms with Gasteiger partial charge < -0.3 is 14.1 Å². The number of nitrogens with zero attached hydrogens (tertiary/aromatic N) is 3. The lowest BCUT2D eigenvalue weighted by Gasteiger charge is -2.23. The Balaban J connectivity index is 1.32. The minimum Gasteiger partial charge on any atom is -0.497 e. The summed E-state index contributed by atoms with van der Waals surface area (Å²) in [6, 6.07) is 12.1. The maximum Gasteiger partial charge on any atom is 0.277 e. The third-order valence-corrected chi connectivity index (χ3v) is 6.50. The summed E-state index contributed by atoms with van der Waals surface area (Å²) < 4.78 is 10.9. The average Bonchev–Trinajstić information content (AvgIpc) is 3.47. The number of likely N-dealkylation sites (tertiary alicyclic amines) is 1. The Bertz CT molecular complexity index is 909. The van der Waals surface area contributed by atoms with Crippen molar-refractivity contribution >= 4 is 29.0 Å². The molecule has 3 aromatic rings. The Labute approximate surface area is 171 Å². The van der Waals surface area contributed by atoms with E-state index in [1.54, 1.807) is 18.4 Å². The summed E-state index contributed by atoms with van der Waals surface area (Å²) in [6.07, 6.45) is 2.63. The van der Waals surface area contributed by atoms with E-state index < -0.39 is 0 Å². The number of amides is 1. The number of carbonyl (C=O) groups is 1. The first kappa shape index (κ1) is 19.0. The monoisotopic (exact) mass is 415 g/mol. The molecule has 1 saturated heterocycles. The number of thiophene rings is 1. The number of hydrogen-bond acceptors (Lipinski definition) is 7. The number of ether oxygens (including phenoxy) is 1. The second kappa shape index (κ2) is 8.79. The van der Waals surface area contributed by atoms with E-state index in [-0.39, 0.29) is 11.9 Å². The summed E-state index contributed by atoms with van der Waals surface area (Å²) in [7, 11) is 1.64. The minimum absolute atomic E-state index is 0.121. The van der Waals surface area contributed by atoms with Gasteiger partial charge in [-0.15, -0.1) is 21.5 Å². The summed E-state index contributed by atoms with van der Waals surface area (Å²) in [4.78, 5) is 15.9. The van der Waals surface area contributed by atoms with E-state index in [4.69, 9.17) is 9.15 Å². The first-order valence-electron chi connectivity index (χ1n) is 9.14. The highest BCUT2D eigenvalue weighted by atomic mass is 32.2. The first-order valence-corrected chi connectivity index (χ1v) is 11.0. The molecule has 1 unspecified atom stereocenters. The van der Waals surface area contributed by atoms with E-state index in [1.165, 1.54) is 16.6 Å². The van der Waals surface area contributed by atoms with Crippen LogP contribution in [0.3, 0.4) is 0 Å². The van der Waals surface area contributed by atoms with E-state index >= 15 is 0 Å². The molecule has 6 nitrogen and oxygen atoms in total. The number of aromatic nitrogens is 2. The molecule has 0 spiro atoms. The highest BCUT2D eigenvalue weighted by Crippen LogP contribution is 2.35. The van der Waals surface area contributed by atoms with Crippen molar-refractivity contribution in [3.05, 3.63) is 58.1 Å². The van der Waals surface area contributed by atoms with Crippen LogP contribution in [-0.4, -0.2) is 40.4 Å². The van der Waals surface area contributed by atoms with Crippen LogP contribution in [-0.2, 0) is 11.2 Å². The lowest BCUT2D eigenvalue weighted by Crippen LogP contribution is -2.31. The van der Waals surface area contributed by atoms with E-state index in [0.717, 1.165) is 30.7 Å². The fourth-order valence-corrected chi connectivity index (χ4v) is 4.87. The first-order chi connectivity index (χ1) is 13.7. The number of benzene rings is 1. The number of rotatable bonds is 7. The fraction of sp³-hybridized carbons (Fsp3) is 0.350.